The number of nitrogens with one attached hydrogen (secondary N) is 1. The van der Waals surface area contributed by atoms with E-state index in [1.807, 2.05) is 6.92 Å². The standard InChI is InChI=1S/C12H20N4O4S/c1-10-8-11(20-14-10)9-13-12(17)15-4-3-5-16(7-6-15)21(2,18)19/h8H,3-7,9H2,1-2H3,(H,13,17). The van der Waals surface area contributed by atoms with E-state index in [-0.39, 0.29) is 12.6 Å². The molecule has 9 heteroatoms. The second-order valence-corrected chi connectivity index (χ2v) is 7.08. The van der Waals surface area contributed by atoms with Crippen LogP contribution in [0.3, 0.4) is 0 Å². The molecule has 1 aliphatic heterocycles. The molecule has 0 unspecified atom stereocenters. The van der Waals surface area contributed by atoms with E-state index in [1.165, 1.54) is 10.6 Å². The molecule has 2 amide bonds. The van der Waals surface area contributed by atoms with Gasteiger partial charge in [-0.1, -0.05) is 5.16 Å². The highest BCUT2D eigenvalue weighted by molar-refractivity contribution is 7.88. The summed E-state index contributed by atoms with van der Waals surface area (Å²) in [6.07, 6.45) is 1.82. The first-order chi connectivity index (χ1) is 9.86. The lowest BCUT2D eigenvalue weighted by Crippen LogP contribution is -2.42. The number of aromatic nitrogens is 1. The summed E-state index contributed by atoms with van der Waals surface area (Å²) in [5, 5.41) is 6.49. The number of rotatable bonds is 3. The van der Waals surface area contributed by atoms with E-state index in [0.717, 1.165) is 5.69 Å². The third-order valence-electron chi connectivity index (χ3n) is 3.30. The topological polar surface area (TPSA) is 95.8 Å². The van der Waals surface area contributed by atoms with Crippen molar-refractivity contribution in [2.75, 3.05) is 32.4 Å². The molecule has 2 heterocycles. The van der Waals surface area contributed by atoms with Gasteiger partial charge in [0, 0.05) is 32.2 Å². The van der Waals surface area contributed by atoms with Crippen LogP contribution in [0.5, 0.6) is 0 Å². The van der Waals surface area contributed by atoms with Crippen molar-refractivity contribution in [3.63, 3.8) is 0 Å². The van der Waals surface area contributed by atoms with Gasteiger partial charge in [0.2, 0.25) is 10.0 Å². The van der Waals surface area contributed by atoms with Crippen LogP contribution in [-0.4, -0.2) is 61.2 Å². The van der Waals surface area contributed by atoms with Crippen LogP contribution in [0.4, 0.5) is 4.79 Å². The lowest BCUT2D eigenvalue weighted by atomic mass is 10.4. The SMILES string of the molecule is Cc1cc(CNC(=O)N2CCCN(S(C)(=O)=O)CC2)on1. The van der Waals surface area contributed by atoms with Gasteiger partial charge < -0.3 is 14.7 Å². The van der Waals surface area contributed by atoms with Gasteiger partial charge in [0.25, 0.3) is 0 Å². The van der Waals surface area contributed by atoms with Crippen LogP contribution in [0.25, 0.3) is 0 Å². The molecular weight excluding hydrogens is 296 g/mol. The first-order valence-corrected chi connectivity index (χ1v) is 8.61. The van der Waals surface area contributed by atoms with Crippen LogP contribution >= 0.6 is 0 Å². The maximum atomic E-state index is 12.1. The van der Waals surface area contributed by atoms with Gasteiger partial charge in [-0.15, -0.1) is 0 Å². The molecular formula is C12H20N4O4S. The molecule has 0 aromatic carbocycles. The molecule has 1 aliphatic rings. The Labute approximate surface area is 124 Å². The van der Waals surface area contributed by atoms with Gasteiger partial charge in [-0.05, 0) is 13.3 Å². The van der Waals surface area contributed by atoms with Gasteiger partial charge in [-0.2, -0.15) is 0 Å². The molecule has 1 saturated heterocycles. The van der Waals surface area contributed by atoms with Crippen LogP contribution in [0.1, 0.15) is 17.9 Å². The van der Waals surface area contributed by atoms with Crippen LogP contribution in [0, 0.1) is 6.92 Å². The Morgan fingerprint density at radius 1 is 1.38 bits per heavy atom. The Morgan fingerprint density at radius 2 is 2.14 bits per heavy atom. The number of carbonyl (C=O) groups excluding carboxylic acids is 1. The summed E-state index contributed by atoms with van der Waals surface area (Å²) in [6, 6.07) is 1.54. The highest BCUT2D eigenvalue weighted by Gasteiger charge is 2.23. The van der Waals surface area contributed by atoms with Crippen molar-refractivity contribution in [1.29, 1.82) is 0 Å². The largest absolute Gasteiger partial charge is 0.359 e. The molecule has 21 heavy (non-hydrogen) atoms. The van der Waals surface area contributed by atoms with Crippen molar-refractivity contribution in [1.82, 2.24) is 19.7 Å². The molecule has 0 spiro atoms. The molecule has 1 aromatic heterocycles. The summed E-state index contributed by atoms with van der Waals surface area (Å²) in [5.41, 5.74) is 0.762. The molecule has 0 saturated carbocycles. The van der Waals surface area contributed by atoms with Crippen molar-refractivity contribution < 1.29 is 17.7 Å². The molecule has 0 bridgehead atoms. The molecule has 0 radical (unpaired) electrons. The monoisotopic (exact) mass is 316 g/mol. The fourth-order valence-corrected chi connectivity index (χ4v) is 3.08. The fraction of sp³-hybridized carbons (Fsp3) is 0.667. The zero-order valence-corrected chi connectivity index (χ0v) is 13.0. The smallest absolute Gasteiger partial charge is 0.317 e. The van der Waals surface area contributed by atoms with Gasteiger partial charge in [-0.3, -0.25) is 0 Å². The maximum absolute atomic E-state index is 12.1. The summed E-state index contributed by atoms with van der Waals surface area (Å²) in [4.78, 5) is 13.7. The van der Waals surface area contributed by atoms with Crippen molar-refractivity contribution in [3.8, 4) is 0 Å². The molecule has 1 aromatic rings. The van der Waals surface area contributed by atoms with E-state index in [2.05, 4.69) is 10.5 Å². The van der Waals surface area contributed by atoms with Crippen LogP contribution in [-0.2, 0) is 16.6 Å². The Hall–Kier alpha value is -1.61. The number of hydrogen-bond donors (Lipinski definition) is 1. The van der Waals surface area contributed by atoms with Crippen molar-refractivity contribution in [3.05, 3.63) is 17.5 Å². The van der Waals surface area contributed by atoms with E-state index in [1.54, 1.807) is 11.0 Å². The maximum Gasteiger partial charge on any atom is 0.317 e. The van der Waals surface area contributed by atoms with E-state index in [9.17, 15) is 13.2 Å². The summed E-state index contributed by atoms with van der Waals surface area (Å²) in [6.45, 7) is 3.77. The Kier molecular flexibility index (Phi) is 4.84. The summed E-state index contributed by atoms with van der Waals surface area (Å²) in [5.74, 6) is 0.591. The lowest BCUT2D eigenvalue weighted by Gasteiger charge is -2.21. The number of urea groups is 1. The first kappa shape index (κ1) is 15.8. The Balaban J connectivity index is 1.85. The second-order valence-electron chi connectivity index (χ2n) is 5.10. The third-order valence-corrected chi connectivity index (χ3v) is 4.60. The fourth-order valence-electron chi connectivity index (χ4n) is 2.20. The number of aryl methyl sites for hydroxylation is 1. The zero-order chi connectivity index (χ0) is 15.5. The number of nitrogens with zero attached hydrogens (tertiary/aromatic N) is 3. The second kappa shape index (κ2) is 6.44. The van der Waals surface area contributed by atoms with E-state index in [4.69, 9.17) is 4.52 Å². The predicted octanol–water partition coefficient (Wildman–Crippen LogP) is 0.160. The molecule has 0 aliphatic carbocycles. The number of hydrogen-bond acceptors (Lipinski definition) is 5. The number of sulfonamides is 1. The zero-order valence-electron chi connectivity index (χ0n) is 12.2. The van der Waals surface area contributed by atoms with Crippen LogP contribution in [0.15, 0.2) is 10.6 Å². The molecule has 1 fully saturated rings. The molecule has 118 valence electrons. The number of amides is 2. The minimum Gasteiger partial charge on any atom is -0.359 e. The molecule has 0 atom stereocenters. The van der Waals surface area contributed by atoms with E-state index in [0.29, 0.717) is 38.4 Å². The summed E-state index contributed by atoms with van der Waals surface area (Å²) in [7, 11) is -3.20. The number of carbonyl (C=O) groups is 1. The van der Waals surface area contributed by atoms with Crippen LogP contribution in [0.2, 0.25) is 0 Å². The quantitative estimate of drug-likeness (QED) is 0.857. The van der Waals surface area contributed by atoms with Crippen LogP contribution < -0.4 is 5.32 Å². The van der Waals surface area contributed by atoms with Crippen molar-refractivity contribution in [2.24, 2.45) is 0 Å². The summed E-state index contributed by atoms with van der Waals surface area (Å²) < 4.78 is 29.5. The van der Waals surface area contributed by atoms with Gasteiger partial charge in [0.05, 0.1) is 18.5 Å². The van der Waals surface area contributed by atoms with E-state index < -0.39 is 10.0 Å². The van der Waals surface area contributed by atoms with Gasteiger partial charge >= 0.3 is 6.03 Å². The average molecular weight is 316 g/mol. The minimum absolute atomic E-state index is 0.223. The van der Waals surface area contributed by atoms with Gasteiger partial charge in [-0.25, -0.2) is 17.5 Å². The van der Waals surface area contributed by atoms with Crippen molar-refractivity contribution in [2.45, 2.75) is 19.9 Å². The minimum atomic E-state index is -3.20. The molecule has 1 N–H and O–H groups in total. The van der Waals surface area contributed by atoms with Crippen molar-refractivity contribution >= 4 is 16.1 Å². The average Bonchev–Trinajstić information content (AvgIpc) is 2.66. The predicted molar refractivity (Wildman–Crippen MR) is 76.1 cm³/mol. The van der Waals surface area contributed by atoms with Gasteiger partial charge in [0.1, 0.15) is 0 Å². The van der Waals surface area contributed by atoms with Gasteiger partial charge in [0.15, 0.2) is 5.76 Å². The highest BCUT2D eigenvalue weighted by Crippen LogP contribution is 2.07. The third kappa shape index (κ3) is 4.43. The highest BCUT2D eigenvalue weighted by atomic mass is 32.2. The Bertz CT molecular complexity index is 598. The molecule has 8 nitrogen and oxygen atoms in total. The van der Waals surface area contributed by atoms with E-state index >= 15 is 0 Å². The first-order valence-electron chi connectivity index (χ1n) is 6.76. The normalized spacial score (nSPS) is 17.5. The lowest BCUT2D eigenvalue weighted by molar-refractivity contribution is 0.198. The summed E-state index contributed by atoms with van der Waals surface area (Å²) >= 11 is 0. The Morgan fingerprint density at radius 3 is 2.76 bits per heavy atom. The molecule has 2 rings (SSSR count).